The molecule has 2 N–H and O–H groups in total. The average Bonchev–Trinajstić information content (AvgIpc) is 2.35. The van der Waals surface area contributed by atoms with Crippen LogP contribution in [-0.4, -0.2) is 44.6 Å². The van der Waals surface area contributed by atoms with Gasteiger partial charge in [-0.3, -0.25) is 0 Å². The van der Waals surface area contributed by atoms with Crippen molar-refractivity contribution < 1.29 is 18.3 Å². The van der Waals surface area contributed by atoms with E-state index < -0.39 is 15.9 Å². The Morgan fingerprint density at radius 2 is 1.81 bits per heavy atom. The lowest BCUT2D eigenvalue weighted by atomic mass is 10.2. The van der Waals surface area contributed by atoms with Crippen molar-refractivity contribution in [2.45, 2.75) is 43.9 Å². The second kappa shape index (κ2) is 7.35. The standard InChI is InChI=1S/C15H25NO4S/c1-15(2,3)20-11-13(17)10-16-9-12-5-7-14(8-6-12)21(4,18)19/h5-8,13,16-17H,9-11H2,1-4H3. The van der Waals surface area contributed by atoms with Crippen LogP contribution < -0.4 is 5.32 Å². The number of ether oxygens (including phenoxy) is 1. The number of hydrogen-bond donors (Lipinski definition) is 2. The largest absolute Gasteiger partial charge is 0.389 e. The van der Waals surface area contributed by atoms with Crippen molar-refractivity contribution in [3.05, 3.63) is 29.8 Å². The number of aliphatic hydroxyl groups is 1. The molecule has 0 aliphatic heterocycles. The van der Waals surface area contributed by atoms with Gasteiger partial charge in [-0.15, -0.1) is 0 Å². The van der Waals surface area contributed by atoms with E-state index in [-0.39, 0.29) is 12.2 Å². The van der Waals surface area contributed by atoms with Gasteiger partial charge in [-0.25, -0.2) is 8.42 Å². The predicted octanol–water partition coefficient (Wildman–Crippen LogP) is 1.36. The number of hydrogen-bond acceptors (Lipinski definition) is 5. The van der Waals surface area contributed by atoms with Gasteiger partial charge in [0.2, 0.25) is 0 Å². The van der Waals surface area contributed by atoms with Crippen LogP contribution in [0.5, 0.6) is 0 Å². The fraction of sp³-hybridized carbons (Fsp3) is 0.600. The molecule has 0 bridgehead atoms. The number of benzene rings is 1. The number of aliphatic hydroxyl groups excluding tert-OH is 1. The second-order valence-corrected chi connectivity index (χ2v) is 8.14. The van der Waals surface area contributed by atoms with Crippen LogP contribution in [0.1, 0.15) is 26.3 Å². The molecule has 21 heavy (non-hydrogen) atoms. The molecule has 1 atom stereocenters. The van der Waals surface area contributed by atoms with E-state index in [1.807, 2.05) is 20.8 Å². The summed E-state index contributed by atoms with van der Waals surface area (Å²) in [6, 6.07) is 6.71. The summed E-state index contributed by atoms with van der Waals surface area (Å²) >= 11 is 0. The number of sulfone groups is 1. The molecule has 0 radical (unpaired) electrons. The van der Waals surface area contributed by atoms with E-state index in [0.717, 1.165) is 5.56 Å². The highest BCUT2D eigenvalue weighted by molar-refractivity contribution is 7.90. The van der Waals surface area contributed by atoms with Crippen LogP contribution >= 0.6 is 0 Å². The summed E-state index contributed by atoms with van der Waals surface area (Å²) in [6.07, 6.45) is 0.616. The van der Waals surface area contributed by atoms with Crippen LogP contribution in [0.2, 0.25) is 0 Å². The lowest BCUT2D eigenvalue weighted by Gasteiger charge is -2.22. The third-order valence-electron chi connectivity index (χ3n) is 2.77. The third kappa shape index (κ3) is 7.57. The first-order valence-electron chi connectivity index (χ1n) is 6.90. The van der Waals surface area contributed by atoms with Crippen LogP contribution in [0, 0.1) is 0 Å². The minimum absolute atomic E-state index is 0.261. The molecule has 0 aliphatic rings. The van der Waals surface area contributed by atoms with E-state index in [2.05, 4.69) is 5.32 Å². The monoisotopic (exact) mass is 315 g/mol. The van der Waals surface area contributed by atoms with E-state index in [1.54, 1.807) is 24.3 Å². The Hall–Kier alpha value is -0.950. The van der Waals surface area contributed by atoms with Gasteiger partial charge in [0.25, 0.3) is 0 Å². The minimum atomic E-state index is -3.15. The first-order chi connectivity index (χ1) is 9.58. The molecule has 0 spiro atoms. The fourth-order valence-corrected chi connectivity index (χ4v) is 2.27. The zero-order valence-corrected chi connectivity index (χ0v) is 13.9. The second-order valence-electron chi connectivity index (χ2n) is 6.12. The van der Waals surface area contributed by atoms with Crippen molar-refractivity contribution in [1.29, 1.82) is 0 Å². The van der Waals surface area contributed by atoms with E-state index in [0.29, 0.717) is 18.0 Å². The number of rotatable bonds is 7. The molecule has 1 aromatic rings. The molecule has 0 saturated carbocycles. The highest BCUT2D eigenvalue weighted by atomic mass is 32.2. The molecular weight excluding hydrogens is 290 g/mol. The van der Waals surface area contributed by atoms with Gasteiger partial charge in [-0.1, -0.05) is 12.1 Å². The summed E-state index contributed by atoms with van der Waals surface area (Å²) in [6.45, 7) is 7.09. The molecule has 5 nitrogen and oxygen atoms in total. The zero-order valence-electron chi connectivity index (χ0n) is 13.1. The molecule has 1 unspecified atom stereocenters. The maximum atomic E-state index is 11.3. The van der Waals surface area contributed by atoms with Crippen molar-refractivity contribution in [1.82, 2.24) is 5.32 Å². The smallest absolute Gasteiger partial charge is 0.175 e. The maximum Gasteiger partial charge on any atom is 0.175 e. The summed E-state index contributed by atoms with van der Waals surface area (Å²) in [7, 11) is -3.15. The average molecular weight is 315 g/mol. The molecule has 0 aliphatic carbocycles. The molecule has 0 saturated heterocycles. The van der Waals surface area contributed by atoms with Crippen LogP contribution in [-0.2, 0) is 21.1 Å². The maximum absolute atomic E-state index is 11.3. The molecule has 1 aromatic carbocycles. The van der Waals surface area contributed by atoms with Crippen molar-refractivity contribution in [3.8, 4) is 0 Å². The Kier molecular flexibility index (Phi) is 6.34. The van der Waals surface area contributed by atoms with Crippen LogP contribution in [0.3, 0.4) is 0 Å². The summed E-state index contributed by atoms with van der Waals surface area (Å²) in [5.74, 6) is 0. The lowest BCUT2D eigenvalue weighted by molar-refractivity contribution is -0.0479. The highest BCUT2D eigenvalue weighted by Crippen LogP contribution is 2.10. The Morgan fingerprint density at radius 1 is 1.24 bits per heavy atom. The first kappa shape index (κ1) is 18.1. The summed E-state index contributed by atoms with van der Waals surface area (Å²) in [5.41, 5.74) is 0.703. The van der Waals surface area contributed by atoms with Crippen molar-refractivity contribution >= 4 is 9.84 Å². The third-order valence-corrected chi connectivity index (χ3v) is 3.90. The van der Waals surface area contributed by atoms with Gasteiger partial charge >= 0.3 is 0 Å². The Morgan fingerprint density at radius 3 is 2.29 bits per heavy atom. The van der Waals surface area contributed by atoms with Crippen LogP contribution in [0.4, 0.5) is 0 Å². The van der Waals surface area contributed by atoms with Gasteiger partial charge < -0.3 is 15.2 Å². The highest BCUT2D eigenvalue weighted by Gasteiger charge is 2.13. The van der Waals surface area contributed by atoms with Gasteiger partial charge in [0, 0.05) is 19.3 Å². The normalized spacial score (nSPS) is 14.1. The van der Waals surface area contributed by atoms with E-state index in [9.17, 15) is 13.5 Å². The van der Waals surface area contributed by atoms with Gasteiger partial charge in [0.1, 0.15) is 0 Å². The molecule has 0 aromatic heterocycles. The van der Waals surface area contributed by atoms with E-state index >= 15 is 0 Å². The SMILES string of the molecule is CC(C)(C)OCC(O)CNCc1ccc(S(C)(=O)=O)cc1. The molecule has 0 amide bonds. The molecular formula is C15H25NO4S. The van der Waals surface area contributed by atoms with Gasteiger partial charge in [-0.05, 0) is 38.5 Å². The van der Waals surface area contributed by atoms with Crippen molar-refractivity contribution in [3.63, 3.8) is 0 Å². The van der Waals surface area contributed by atoms with Crippen LogP contribution in [0.15, 0.2) is 29.2 Å². The van der Waals surface area contributed by atoms with Crippen molar-refractivity contribution in [2.75, 3.05) is 19.4 Å². The summed E-state index contributed by atoms with van der Waals surface area (Å²) in [4.78, 5) is 0.310. The Labute approximate surface area is 127 Å². The lowest BCUT2D eigenvalue weighted by Crippen LogP contribution is -2.33. The Bertz CT molecular complexity index is 532. The predicted molar refractivity (Wildman–Crippen MR) is 83.0 cm³/mol. The fourth-order valence-electron chi connectivity index (χ4n) is 1.64. The first-order valence-corrected chi connectivity index (χ1v) is 8.79. The Balaban J connectivity index is 2.36. The molecule has 0 heterocycles. The van der Waals surface area contributed by atoms with Crippen LogP contribution in [0.25, 0.3) is 0 Å². The van der Waals surface area contributed by atoms with Gasteiger partial charge in [0.05, 0.1) is 23.2 Å². The number of nitrogens with one attached hydrogen (secondary N) is 1. The summed E-state index contributed by atoms with van der Waals surface area (Å²) < 4.78 is 28.2. The molecule has 1 rings (SSSR count). The van der Waals surface area contributed by atoms with E-state index in [1.165, 1.54) is 6.26 Å². The topological polar surface area (TPSA) is 75.6 Å². The zero-order chi connectivity index (χ0) is 16.1. The molecule has 0 fully saturated rings. The van der Waals surface area contributed by atoms with Gasteiger partial charge in [0.15, 0.2) is 9.84 Å². The quantitative estimate of drug-likeness (QED) is 0.794. The molecule has 120 valence electrons. The van der Waals surface area contributed by atoms with E-state index in [4.69, 9.17) is 4.74 Å². The van der Waals surface area contributed by atoms with Crippen molar-refractivity contribution in [2.24, 2.45) is 0 Å². The molecule has 6 heteroatoms. The minimum Gasteiger partial charge on any atom is -0.389 e. The summed E-state index contributed by atoms with van der Waals surface area (Å²) in [5, 5.41) is 12.9. The van der Waals surface area contributed by atoms with Gasteiger partial charge in [-0.2, -0.15) is 0 Å².